The van der Waals surface area contributed by atoms with E-state index < -0.39 is 22.5 Å². The number of rotatable bonds is 6. The highest BCUT2D eigenvalue weighted by Crippen LogP contribution is 2.30. The van der Waals surface area contributed by atoms with Gasteiger partial charge >= 0.3 is 11.7 Å². The fourth-order valence-corrected chi connectivity index (χ4v) is 3.80. The molecule has 1 N–H and O–H groups in total. The number of fused-ring (bicyclic) bond motifs is 1. The third kappa shape index (κ3) is 3.75. The number of aryl methyl sites for hydroxylation is 1. The summed E-state index contributed by atoms with van der Waals surface area (Å²) in [6, 6.07) is 6.99. The van der Waals surface area contributed by atoms with Gasteiger partial charge in [0, 0.05) is 19.7 Å². The van der Waals surface area contributed by atoms with Crippen LogP contribution in [0.3, 0.4) is 0 Å². The maximum absolute atomic E-state index is 12.8. The lowest BCUT2D eigenvalue weighted by Gasteiger charge is -2.14. The minimum Gasteiger partial charge on any atom is -0.497 e. The Kier molecular flexibility index (Phi) is 5.73. The molecule has 0 amide bonds. The van der Waals surface area contributed by atoms with Crippen molar-refractivity contribution in [3.8, 4) is 17.1 Å². The number of hydrogen-bond acceptors (Lipinski definition) is 7. The normalized spacial score (nSPS) is 12.1. The van der Waals surface area contributed by atoms with Crippen LogP contribution in [0.2, 0.25) is 0 Å². The summed E-state index contributed by atoms with van der Waals surface area (Å²) in [5.74, 6) is -0.0645. The molecule has 1 unspecified atom stereocenters. The number of methoxy groups -OCH3 is 1. The van der Waals surface area contributed by atoms with Crippen LogP contribution in [-0.2, 0) is 18.9 Å². The highest BCUT2D eigenvalue weighted by atomic mass is 32.2. The molecule has 29 heavy (non-hydrogen) atoms. The van der Waals surface area contributed by atoms with Crippen molar-refractivity contribution < 1.29 is 14.6 Å². The number of carbonyl (C=O) groups is 1. The van der Waals surface area contributed by atoms with Crippen LogP contribution < -0.4 is 16.0 Å². The molecule has 0 saturated heterocycles. The van der Waals surface area contributed by atoms with Gasteiger partial charge in [0.2, 0.25) is 0 Å². The smallest absolute Gasteiger partial charge is 0.332 e. The molecular weight excluding hydrogens is 396 g/mol. The fraction of sp³-hybridized carbons (Fsp3) is 0.316. The molecular formula is C19H20N4O5S. The van der Waals surface area contributed by atoms with Gasteiger partial charge in [-0.2, -0.15) is 0 Å². The zero-order chi connectivity index (χ0) is 21.3. The third-order valence-electron chi connectivity index (χ3n) is 4.52. The first kappa shape index (κ1) is 20.6. The van der Waals surface area contributed by atoms with Crippen molar-refractivity contribution in [2.45, 2.75) is 23.6 Å². The van der Waals surface area contributed by atoms with E-state index in [9.17, 15) is 19.5 Å². The number of aliphatic carboxylic acids is 1. The second kappa shape index (κ2) is 8.08. The molecule has 0 aliphatic rings. The summed E-state index contributed by atoms with van der Waals surface area (Å²) in [5.41, 5.74) is -0.289. The van der Waals surface area contributed by atoms with Gasteiger partial charge in [0.15, 0.2) is 11.5 Å². The lowest BCUT2D eigenvalue weighted by Crippen LogP contribution is -2.37. The average Bonchev–Trinajstić information content (AvgIpc) is 2.73. The van der Waals surface area contributed by atoms with Crippen LogP contribution >= 0.6 is 11.8 Å². The zero-order valence-corrected chi connectivity index (χ0v) is 17.2. The number of thioether (sulfide) groups is 1. The number of nitrogens with zero attached hydrogens (tertiary/aromatic N) is 4. The van der Waals surface area contributed by atoms with Gasteiger partial charge in [-0.25, -0.2) is 14.8 Å². The van der Waals surface area contributed by atoms with Gasteiger partial charge in [0.05, 0.1) is 7.11 Å². The Labute approximate surface area is 170 Å². The van der Waals surface area contributed by atoms with Crippen molar-refractivity contribution in [3.63, 3.8) is 0 Å². The molecule has 0 spiro atoms. The quantitative estimate of drug-likeness (QED) is 0.476. The molecule has 2 aromatic heterocycles. The van der Waals surface area contributed by atoms with Crippen LogP contribution in [0.15, 0.2) is 38.9 Å². The highest BCUT2D eigenvalue weighted by molar-refractivity contribution is 8.00. The second-order valence-corrected chi connectivity index (χ2v) is 7.53. The number of carboxylic acid groups (broad SMARTS) is 1. The van der Waals surface area contributed by atoms with Crippen LogP contribution in [0, 0.1) is 0 Å². The van der Waals surface area contributed by atoms with Crippen LogP contribution in [-0.4, -0.2) is 42.5 Å². The largest absolute Gasteiger partial charge is 0.497 e. The summed E-state index contributed by atoms with van der Waals surface area (Å²) in [6.07, 6.45) is 0.343. The standard InChI is InChI=1S/C19H20N4O5S/c1-5-12(18(25)26)29-16-13-15(22(2)19(27)23(3)17(13)24)20-14(21-16)10-6-8-11(28-4)9-7-10/h6-9,12H,5H2,1-4H3,(H,25,26). The van der Waals surface area contributed by atoms with Gasteiger partial charge in [0.25, 0.3) is 5.56 Å². The van der Waals surface area contributed by atoms with Gasteiger partial charge < -0.3 is 9.84 Å². The average molecular weight is 416 g/mol. The molecule has 0 bridgehead atoms. The summed E-state index contributed by atoms with van der Waals surface area (Å²) in [6.45, 7) is 1.74. The van der Waals surface area contributed by atoms with Gasteiger partial charge in [0.1, 0.15) is 21.4 Å². The summed E-state index contributed by atoms with van der Waals surface area (Å²) >= 11 is 0.976. The fourth-order valence-electron chi connectivity index (χ4n) is 2.83. The molecule has 1 aromatic carbocycles. The summed E-state index contributed by atoms with van der Waals surface area (Å²) in [5, 5.41) is 9.01. The lowest BCUT2D eigenvalue weighted by atomic mass is 10.2. The first-order valence-electron chi connectivity index (χ1n) is 8.80. The van der Waals surface area contributed by atoms with E-state index in [0.29, 0.717) is 17.7 Å². The van der Waals surface area contributed by atoms with Gasteiger partial charge in [-0.1, -0.05) is 18.7 Å². The molecule has 152 valence electrons. The van der Waals surface area contributed by atoms with E-state index in [4.69, 9.17) is 4.74 Å². The Balaban J connectivity index is 2.33. The molecule has 3 aromatic rings. The Morgan fingerprint density at radius 2 is 1.83 bits per heavy atom. The Hall–Kier alpha value is -3.14. The second-order valence-electron chi connectivity index (χ2n) is 6.34. The first-order valence-corrected chi connectivity index (χ1v) is 9.68. The summed E-state index contributed by atoms with van der Waals surface area (Å²) in [4.78, 5) is 45.6. The molecule has 3 rings (SSSR count). The molecule has 2 heterocycles. The Morgan fingerprint density at radius 3 is 2.38 bits per heavy atom. The van der Waals surface area contributed by atoms with Crippen molar-refractivity contribution in [1.82, 2.24) is 19.1 Å². The number of carboxylic acids is 1. The van der Waals surface area contributed by atoms with E-state index in [1.54, 1.807) is 38.3 Å². The van der Waals surface area contributed by atoms with E-state index in [1.807, 2.05) is 0 Å². The van der Waals surface area contributed by atoms with Crippen LogP contribution in [0.5, 0.6) is 5.75 Å². The van der Waals surface area contributed by atoms with Gasteiger partial charge in [-0.3, -0.25) is 18.7 Å². The zero-order valence-electron chi connectivity index (χ0n) is 16.4. The van der Waals surface area contributed by atoms with Crippen molar-refractivity contribution in [1.29, 1.82) is 0 Å². The first-order chi connectivity index (χ1) is 13.8. The predicted octanol–water partition coefficient (Wildman–Crippen LogP) is 1.66. The predicted molar refractivity (Wildman–Crippen MR) is 110 cm³/mol. The molecule has 0 aliphatic carbocycles. The minimum absolute atomic E-state index is 0.122. The van der Waals surface area contributed by atoms with Gasteiger partial charge in [-0.15, -0.1) is 0 Å². The molecule has 0 aliphatic heterocycles. The summed E-state index contributed by atoms with van der Waals surface area (Å²) in [7, 11) is 4.43. The lowest BCUT2D eigenvalue weighted by molar-refractivity contribution is -0.136. The van der Waals surface area contributed by atoms with E-state index >= 15 is 0 Å². The van der Waals surface area contributed by atoms with Crippen molar-refractivity contribution in [3.05, 3.63) is 45.1 Å². The maximum atomic E-state index is 12.8. The maximum Gasteiger partial charge on any atom is 0.332 e. The number of hydrogen-bond donors (Lipinski definition) is 1. The van der Waals surface area contributed by atoms with Crippen molar-refractivity contribution in [2.24, 2.45) is 14.1 Å². The van der Waals surface area contributed by atoms with E-state index in [2.05, 4.69) is 9.97 Å². The Morgan fingerprint density at radius 1 is 1.17 bits per heavy atom. The highest BCUT2D eigenvalue weighted by Gasteiger charge is 2.23. The van der Waals surface area contributed by atoms with Gasteiger partial charge in [-0.05, 0) is 30.7 Å². The van der Waals surface area contributed by atoms with Crippen LogP contribution in [0.4, 0.5) is 0 Å². The third-order valence-corrected chi connectivity index (χ3v) is 5.85. The van der Waals surface area contributed by atoms with Crippen LogP contribution in [0.1, 0.15) is 13.3 Å². The monoisotopic (exact) mass is 416 g/mol. The van der Waals surface area contributed by atoms with E-state index in [-0.39, 0.29) is 21.9 Å². The Bertz CT molecular complexity index is 1200. The van der Waals surface area contributed by atoms with Crippen molar-refractivity contribution in [2.75, 3.05) is 7.11 Å². The van der Waals surface area contributed by atoms with Crippen molar-refractivity contribution >= 4 is 28.8 Å². The number of aromatic nitrogens is 4. The number of benzene rings is 1. The van der Waals surface area contributed by atoms with Crippen LogP contribution in [0.25, 0.3) is 22.4 Å². The van der Waals surface area contributed by atoms with E-state index in [1.165, 1.54) is 18.7 Å². The molecule has 0 fully saturated rings. The summed E-state index contributed by atoms with van der Waals surface area (Å²) < 4.78 is 7.38. The molecule has 10 heteroatoms. The van der Waals surface area contributed by atoms with E-state index in [0.717, 1.165) is 16.3 Å². The number of ether oxygens (including phenoxy) is 1. The molecule has 0 saturated carbocycles. The topological polar surface area (TPSA) is 116 Å². The molecule has 9 nitrogen and oxygen atoms in total. The minimum atomic E-state index is -1.00. The SMILES string of the molecule is CCC(Sc1nc(-c2ccc(OC)cc2)nc2c1c(=O)n(C)c(=O)n2C)C(=O)O. The molecule has 1 atom stereocenters. The molecule has 0 radical (unpaired) electrons.